The van der Waals surface area contributed by atoms with E-state index in [0.29, 0.717) is 0 Å². The molecular weight excluding hydrogens is 112 g/mol. The van der Waals surface area contributed by atoms with Gasteiger partial charge in [0.15, 0.2) is 0 Å². The van der Waals surface area contributed by atoms with E-state index in [9.17, 15) is 4.79 Å². The SMILES string of the molecule is CCC=CC(=O)Cl. The van der Waals surface area contributed by atoms with E-state index >= 15 is 0 Å². The quantitative estimate of drug-likeness (QED) is 0.399. The Morgan fingerprint density at radius 3 is 2.57 bits per heavy atom. The zero-order chi connectivity index (χ0) is 5.70. The van der Waals surface area contributed by atoms with Crippen LogP contribution in [-0.4, -0.2) is 5.24 Å². The summed E-state index contributed by atoms with van der Waals surface area (Å²) in [5.41, 5.74) is 0. The van der Waals surface area contributed by atoms with E-state index in [4.69, 9.17) is 11.6 Å². The van der Waals surface area contributed by atoms with Crippen LogP contribution in [0.2, 0.25) is 0 Å². The minimum Gasteiger partial charge on any atom is -0.276 e. The Balaban J connectivity index is 3.26. The number of allylic oxidation sites excluding steroid dienone is 2. The maximum absolute atomic E-state index is 9.88. The Morgan fingerprint density at radius 1 is 1.86 bits per heavy atom. The molecule has 40 valence electrons. The van der Waals surface area contributed by atoms with Gasteiger partial charge in [-0.05, 0) is 24.1 Å². The number of carbonyl (C=O) groups excluding carboxylic acids is 1. The highest BCUT2D eigenvalue weighted by atomic mass is 35.5. The van der Waals surface area contributed by atoms with Crippen molar-refractivity contribution in [2.75, 3.05) is 0 Å². The highest BCUT2D eigenvalue weighted by Gasteiger charge is 1.79. The van der Waals surface area contributed by atoms with Crippen molar-refractivity contribution in [2.45, 2.75) is 13.3 Å². The van der Waals surface area contributed by atoms with Crippen LogP contribution in [0.4, 0.5) is 0 Å². The van der Waals surface area contributed by atoms with Gasteiger partial charge in [0, 0.05) is 0 Å². The summed E-state index contributed by atoms with van der Waals surface area (Å²) in [7, 11) is 0. The maximum Gasteiger partial charge on any atom is 0.244 e. The van der Waals surface area contributed by atoms with E-state index in [-0.39, 0.29) is 0 Å². The molecule has 0 unspecified atom stereocenters. The van der Waals surface area contributed by atoms with Gasteiger partial charge in [-0.1, -0.05) is 13.0 Å². The summed E-state index contributed by atoms with van der Waals surface area (Å²) in [6, 6.07) is 0. The third-order valence-electron chi connectivity index (χ3n) is 0.485. The smallest absolute Gasteiger partial charge is 0.244 e. The molecule has 0 aliphatic heterocycles. The van der Waals surface area contributed by atoms with Crippen LogP contribution < -0.4 is 0 Å². The zero-order valence-corrected chi connectivity index (χ0v) is 4.90. The summed E-state index contributed by atoms with van der Waals surface area (Å²) >= 11 is 4.93. The second kappa shape index (κ2) is 3.88. The molecule has 0 saturated heterocycles. The van der Waals surface area contributed by atoms with Gasteiger partial charge in [-0.2, -0.15) is 0 Å². The summed E-state index contributed by atoms with van der Waals surface area (Å²) in [5, 5.41) is -0.401. The molecular formula is C5H7ClO. The molecule has 7 heavy (non-hydrogen) atoms. The number of hydrogen-bond donors (Lipinski definition) is 0. The molecule has 0 aliphatic rings. The molecule has 0 aliphatic carbocycles. The fourth-order valence-corrected chi connectivity index (χ4v) is 0.300. The van der Waals surface area contributed by atoms with Gasteiger partial charge in [-0.3, -0.25) is 4.79 Å². The molecule has 0 spiro atoms. The maximum atomic E-state index is 9.88. The minimum atomic E-state index is -0.401. The van der Waals surface area contributed by atoms with Gasteiger partial charge < -0.3 is 0 Å². The summed E-state index contributed by atoms with van der Waals surface area (Å²) in [6.45, 7) is 1.94. The molecule has 0 bridgehead atoms. The molecule has 0 rings (SSSR count). The second-order valence-corrected chi connectivity index (χ2v) is 1.49. The van der Waals surface area contributed by atoms with Gasteiger partial charge in [-0.15, -0.1) is 0 Å². The Hall–Kier alpha value is -0.300. The fourth-order valence-electron chi connectivity index (χ4n) is 0.211. The van der Waals surface area contributed by atoms with Gasteiger partial charge in [-0.25, -0.2) is 0 Å². The van der Waals surface area contributed by atoms with Crippen molar-refractivity contribution >= 4 is 16.8 Å². The molecule has 0 amide bonds. The van der Waals surface area contributed by atoms with E-state index in [1.807, 2.05) is 6.92 Å². The Morgan fingerprint density at radius 2 is 2.43 bits per heavy atom. The number of carbonyl (C=O) groups is 1. The largest absolute Gasteiger partial charge is 0.276 e. The first-order chi connectivity index (χ1) is 3.27. The predicted octanol–water partition coefficient (Wildman–Crippen LogP) is 1.72. The van der Waals surface area contributed by atoms with Gasteiger partial charge in [0.2, 0.25) is 5.24 Å². The average Bonchev–Trinajstić information content (AvgIpc) is 1.61. The lowest BCUT2D eigenvalue weighted by atomic mass is 10.4. The van der Waals surface area contributed by atoms with Crippen LogP contribution in [0.1, 0.15) is 13.3 Å². The van der Waals surface area contributed by atoms with Gasteiger partial charge >= 0.3 is 0 Å². The Bertz CT molecular complexity index is 86.1. The lowest BCUT2D eigenvalue weighted by Gasteiger charge is -1.71. The van der Waals surface area contributed by atoms with Crippen molar-refractivity contribution in [3.05, 3.63) is 12.2 Å². The number of halogens is 1. The molecule has 0 N–H and O–H groups in total. The molecule has 0 fully saturated rings. The number of rotatable bonds is 2. The average molecular weight is 119 g/mol. The standard InChI is InChI=1S/C5H7ClO/c1-2-3-4-5(6)7/h3-4H,2H2,1H3. The van der Waals surface area contributed by atoms with Crippen LogP contribution in [0, 0.1) is 0 Å². The summed E-state index contributed by atoms with van der Waals surface area (Å²) < 4.78 is 0. The summed E-state index contributed by atoms with van der Waals surface area (Å²) in [4.78, 5) is 9.88. The molecule has 0 aromatic rings. The molecule has 2 heteroatoms. The highest BCUT2D eigenvalue weighted by Crippen LogP contribution is 1.83. The van der Waals surface area contributed by atoms with Crippen LogP contribution in [0.15, 0.2) is 12.2 Å². The summed E-state index contributed by atoms with van der Waals surface area (Å²) in [5.74, 6) is 0. The van der Waals surface area contributed by atoms with Gasteiger partial charge in [0.1, 0.15) is 0 Å². The number of hydrogen-bond acceptors (Lipinski definition) is 1. The van der Waals surface area contributed by atoms with Crippen LogP contribution in [0.25, 0.3) is 0 Å². The van der Waals surface area contributed by atoms with Crippen molar-refractivity contribution in [1.29, 1.82) is 0 Å². The molecule has 0 aromatic heterocycles. The molecule has 0 heterocycles. The van der Waals surface area contributed by atoms with Crippen molar-refractivity contribution < 1.29 is 4.79 Å². The Kier molecular flexibility index (Phi) is 3.71. The lowest BCUT2D eigenvalue weighted by Crippen LogP contribution is -1.72. The van der Waals surface area contributed by atoms with Crippen molar-refractivity contribution in [1.82, 2.24) is 0 Å². The van der Waals surface area contributed by atoms with E-state index < -0.39 is 5.24 Å². The highest BCUT2D eigenvalue weighted by molar-refractivity contribution is 6.66. The third-order valence-corrected chi connectivity index (χ3v) is 0.611. The minimum absolute atomic E-state index is 0.401. The normalized spacial score (nSPS) is 10.0. The topological polar surface area (TPSA) is 17.1 Å². The molecule has 0 saturated carbocycles. The third kappa shape index (κ3) is 5.70. The van der Waals surface area contributed by atoms with Crippen molar-refractivity contribution in [2.24, 2.45) is 0 Å². The van der Waals surface area contributed by atoms with Crippen LogP contribution >= 0.6 is 11.6 Å². The molecule has 1 nitrogen and oxygen atoms in total. The van der Waals surface area contributed by atoms with Gasteiger partial charge in [0.25, 0.3) is 0 Å². The second-order valence-electron chi connectivity index (χ2n) is 1.11. The molecule has 0 aromatic carbocycles. The van der Waals surface area contributed by atoms with E-state index in [2.05, 4.69) is 0 Å². The zero-order valence-electron chi connectivity index (χ0n) is 4.15. The van der Waals surface area contributed by atoms with E-state index in [0.717, 1.165) is 6.42 Å². The van der Waals surface area contributed by atoms with Crippen LogP contribution in [-0.2, 0) is 4.79 Å². The van der Waals surface area contributed by atoms with Crippen LogP contribution in [0.5, 0.6) is 0 Å². The van der Waals surface area contributed by atoms with E-state index in [1.54, 1.807) is 6.08 Å². The summed E-state index contributed by atoms with van der Waals surface area (Å²) in [6.07, 6.45) is 3.93. The van der Waals surface area contributed by atoms with Gasteiger partial charge in [0.05, 0.1) is 0 Å². The first-order valence-electron chi connectivity index (χ1n) is 2.13. The van der Waals surface area contributed by atoms with Crippen LogP contribution in [0.3, 0.4) is 0 Å². The Labute approximate surface area is 48.0 Å². The fraction of sp³-hybridized carbons (Fsp3) is 0.400. The first-order valence-corrected chi connectivity index (χ1v) is 2.51. The predicted molar refractivity (Wildman–Crippen MR) is 30.3 cm³/mol. The van der Waals surface area contributed by atoms with Crippen molar-refractivity contribution in [3.63, 3.8) is 0 Å². The molecule has 0 atom stereocenters. The van der Waals surface area contributed by atoms with E-state index in [1.165, 1.54) is 6.08 Å². The monoisotopic (exact) mass is 118 g/mol. The molecule has 0 radical (unpaired) electrons. The lowest BCUT2D eigenvalue weighted by molar-refractivity contribution is -0.107. The van der Waals surface area contributed by atoms with Crippen molar-refractivity contribution in [3.8, 4) is 0 Å². The first kappa shape index (κ1) is 6.70.